The minimum Gasteiger partial charge on any atom is -0.374 e. The summed E-state index contributed by atoms with van der Waals surface area (Å²) in [5.41, 5.74) is 1.39. The summed E-state index contributed by atoms with van der Waals surface area (Å²) in [6.07, 6.45) is -0.00916. The Balaban J connectivity index is 2.34. The second kappa shape index (κ2) is 8.73. The van der Waals surface area contributed by atoms with Gasteiger partial charge in [-0.05, 0) is 12.5 Å². The highest BCUT2D eigenvalue weighted by Gasteiger charge is 2.31. The van der Waals surface area contributed by atoms with E-state index in [1.54, 1.807) is 0 Å². The van der Waals surface area contributed by atoms with E-state index >= 15 is 0 Å². The van der Waals surface area contributed by atoms with E-state index in [-0.39, 0.29) is 23.8 Å². The molecule has 1 radical (unpaired) electrons. The minimum absolute atomic E-state index is 0.134. The van der Waals surface area contributed by atoms with Crippen LogP contribution in [0, 0.1) is 6.92 Å². The van der Waals surface area contributed by atoms with Crippen LogP contribution in [0.25, 0.3) is 0 Å². The molecule has 0 aliphatic carbocycles. The first-order valence-corrected chi connectivity index (χ1v) is 9.54. The molecule has 4 heteroatoms. The van der Waals surface area contributed by atoms with Gasteiger partial charge in [0.2, 0.25) is 0 Å². The summed E-state index contributed by atoms with van der Waals surface area (Å²) < 4.78 is 24.1. The number of rotatable bonds is 9. The largest absolute Gasteiger partial charge is 0.374 e. The summed E-state index contributed by atoms with van der Waals surface area (Å²) >= 11 is 0. The van der Waals surface area contributed by atoms with E-state index in [0.29, 0.717) is 13.2 Å². The third-order valence-corrected chi connectivity index (χ3v) is 7.72. The summed E-state index contributed by atoms with van der Waals surface area (Å²) in [6, 6.07) is 9.98. The summed E-state index contributed by atoms with van der Waals surface area (Å²) in [6.45, 7) is 12.9. The standard InChI is InChI=1S/C17H28O3P/c1-14(2)21(18,15(3)4)13-20-16(5)11-19-12-17-9-7-6-8-10-17/h6-10,14-16H,5,11-13H2,1-4H3/t16-/m0/s1. The van der Waals surface area contributed by atoms with Crippen LogP contribution in [-0.4, -0.2) is 30.4 Å². The molecule has 0 saturated heterocycles. The van der Waals surface area contributed by atoms with E-state index in [4.69, 9.17) is 9.47 Å². The Morgan fingerprint density at radius 3 is 2.19 bits per heavy atom. The first kappa shape index (κ1) is 18.4. The molecule has 0 saturated carbocycles. The van der Waals surface area contributed by atoms with Gasteiger partial charge < -0.3 is 14.0 Å². The Morgan fingerprint density at radius 1 is 1.10 bits per heavy atom. The molecular formula is C17H28O3P. The second-order valence-corrected chi connectivity index (χ2v) is 9.99. The zero-order valence-corrected chi connectivity index (χ0v) is 14.5. The van der Waals surface area contributed by atoms with Gasteiger partial charge in [0.15, 0.2) is 0 Å². The van der Waals surface area contributed by atoms with Crippen molar-refractivity contribution in [2.45, 2.75) is 51.7 Å². The molecular weight excluding hydrogens is 283 g/mol. The van der Waals surface area contributed by atoms with E-state index in [1.807, 2.05) is 58.0 Å². The van der Waals surface area contributed by atoms with Crippen molar-refractivity contribution in [3.05, 3.63) is 42.8 Å². The van der Waals surface area contributed by atoms with Gasteiger partial charge in [-0.1, -0.05) is 58.0 Å². The highest BCUT2D eigenvalue weighted by atomic mass is 31.2. The van der Waals surface area contributed by atoms with Gasteiger partial charge in [0.25, 0.3) is 0 Å². The molecule has 1 atom stereocenters. The maximum Gasteiger partial charge on any atom is 0.117 e. The van der Waals surface area contributed by atoms with Gasteiger partial charge in [0.05, 0.1) is 19.3 Å². The molecule has 119 valence electrons. The molecule has 0 unspecified atom stereocenters. The molecule has 1 aromatic carbocycles. The maximum absolute atomic E-state index is 12.8. The molecule has 0 aliphatic heterocycles. The van der Waals surface area contributed by atoms with E-state index in [0.717, 1.165) is 5.56 Å². The molecule has 1 aromatic rings. The molecule has 1 rings (SSSR count). The molecule has 0 spiro atoms. The lowest BCUT2D eigenvalue weighted by Gasteiger charge is -2.27. The van der Waals surface area contributed by atoms with E-state index < -0.39 is 7.14 Å². The monoisotopic (exact) mass is 311 g/mol. The summed E-state index contributed by atoms with van der Waals surface area (Å²) in [5.74, 6) is 0. The molecule has 0 aliphatic rings. The Labute approximate surface area is 129 Å². The fourth-order valence-electron chi connectivity index (χ4n) is 2.05. The average molecular weight is 311 g/mol. The Morgan fingerprint density at radius 2 is 1.67 bits per heavy atom. The minimum atomic E-state index is -2.33. The zero-order valence-electron chi connectivity index (χ0n) is 13.6. The van der Waals surface area contributed by atoms with Crippen LogP contribution in [0.1, 0.15) is 33.3 Å². The van der Waals surface area contributed by atoms with E-state index in [9.17, 15) is 4.57 Å². The Hall–Kier alpha value is -0.630. The summed E-state index contributed by atoms with van der Waals surface area (Å²) in [5, 5.41) is 0. The number of ether oxygens (including phenoxy) is 2. The van der Waals surface area contributed by atoms with Crippen LogP contribution in [0.15, 0.2) is 30.3 Å². The van der Waals surface area contributed by atoms with Gasteiger partial charge in [0, 0.05) is 11.3 Å². The van der Waals surface area contributed by atoms with E-state index in [1.165, 1.54) is 0 Å². The first-order chi connectivity index (χ1) is 9.86. The lowest BCUT2D eigenvalue weighted by atomic mass is 10.2. The van der Waals surface area contributed by atoms with Crippen LogP contribution in [0.2, 0.25) is 0 Å². The summed E-state index contributed by atoms with van der Waals surface area (Å²) in [4.78, 5) is 0. The van der Waals surface area contributed by atoms with Crippen LogP contribution in [0.4, 0.5) is 0 Å². The average Bonchev–Trinajstić information content (AvgIpc) is 2.45. The molecule has 0 bridgehead atoms. The van der Waals surface area contributed by atoms with E-state index in [2.05, 4.69) is 6.92 Å². The van der Waals surface area contributed by atoms with Crippen LogP contribution in [0.5, 0.6) is 0 Å². The molecule has 0 heterocycles. The van der Waals surface area contributed by atoms with Gasteiger partial charge >= 0.3 is 0 Å². The van der Waals surface area contributed by atoms with Crippen LogP contribution in [0.3, 0.4) is 0 Å². The van der Waals surface area contributed by atoms with Gasteiger partial charge in [-0.15, -0.1) is 0 Å². The van der Waals surface area contributed by atoms with Gasteiger partial charge in [0.1, 0.15) is 13.5 Å². The molecule has 0 aromatic heterocycles. The first-order valence-electron chi connectivity index (χ1n) is 7.51. The fourth-order valence-corrected chi connectivity index (χ4v) is 4.28. The smallest absolute Gasteiger partial charge is 0.117 e. The highest BCUT2D eigenvalue weighted by molar-refractivity contribution is 7.65. The van der Waals surface area contributed by atoms with Crippen LogP contribution in [-0.2, 0) is 20.6 Å². The predicted molar refractivity (Wildman–Crippen MR) is 89.1 cm³/mol. The maximum atomic E-state index is 12.8. The van der Waals surface area contributed by atoms with Crippen molar-refractivity contribution in [2.75, 3.05) is 13.0 Å². The van der Waals surface area contributed by atoms with Crippen molar-refractivity contribution in [2.24, 2.45) is 0 Å². The molecule has 0 fully saturated rings. The number of hydrogen-bond donors (Lipinski definition) is 0. The van der Waals surface area contributed by atoms with Crippen molar-refractivity contribution in [3.8, 4) is 0 Å². The zero-order chi connectivity index (χ0) is 15.9. The van der Waals surface area contributed by atoms with Gasteiger partial charge in [-0.25, -0.2) is 0 Å². The van der Waals surface area contributed by atoms with Crippen molar-refractivity contribution >= 4 is 7.14 Å². The van der Waals surface area contributed by atoms with Crippen molar-refractivity contribution in [3.63, 3.8) is 0 Å². The topological polar surface area (TPSA) is 35.5 Å². The summed E-state index contributed by atoms with van der Waals surface area (Å²) in [7, 11) is -2.33. The molecule has 0 N–H and O–H groups in total. The quantitative estimate of drug-likeness (QED) is 0.627. The van der Waals surface area contributed by atoms with Gasteiger partial charge in [-0.2, -0.15) is 0 Å². The second-order valence-electron chi connectivity index (χ2n) is 5.96. The SMILES string of the molecule is [CH2][C@@H](COCc1ccccc1)OCP(=O)(C(C)C)C(C)C. The normalized spacial score (nSPS) is 13.9. The predicted octanol–water partition coefficient (Wildman–Crippen LogP) is 4.56. The fraction of sp³-hybridized carbons (Fsp3) is 0.588. The number of hydrogen-bond acceptors (Lipinski definition) is 3. The third-order valence-electron chi connectivity index (χ3n) is 3.68. The van der Waals surface area contributed by atoms with Crippen molar-refractivity contribution in [1.82, 2.24) is 0 Å². The lowest BCUT2D eigenvalue weighted by Crippen LogP contribution is -2.21. The van der Waals surface area contributed by atoms with Gasteiger partial charge in [-0.3, -0.25) is 0 Å². The highest BCUT2D eigenvalue weighted by Crippen LogP contribution is 2.54. The third kappa shape index (κ3) is 5.94. The Bertz CT molecular complexity index is 431. The Kier molecular flexibility index (Phi) is 7.65. The lowest BCUT2D eigenvalue weighted by molar-refractivity contribution is 0.0164. The molecule has 0 amide bonds. The molecule has 21 heavy (non-hydrogen) atoms. The van der Waals surface area contributed by atoms with Crippen LogP contribution >= 0.6 is 7.14 Å². The number of benzene rings is 1. The molecule has 3 nitrogen and oxygen atoms in total. The van der Waals surface area contributed by atoms with Crippen molar-refractivity contribution < 1.29 is 14.0 Å². The van der Waals surface area contributed by atoms with Crippen LogP contribution < -0.4 is 0 Å². The van der Waals surface area contributed by atoms with Crippen molar-refractivity contribution in [1.29, 1.82) is 0 Å².